The lowest BCUT2D eigenvalue weighted by atomic mass is 9.99. The Morgan fingerprint density at radius 3 is 2.44 bits per heavy atom. The minimum Gasteiger partial charge on any atom is -0.337 e. The van der Waals surface area contributed by atoms with Crippen molar-refractivity contribution in [2.24, 2.45) is 0 Å². The molecule has 1 amide bonds. The predicted molar refractivity (Wildman–Crippen MR) is 104 cm³/mol. The molecule has 2 heterocycles. The summed E-state index contributed by atoms with van der Waals surface area (Å²) in [5, 5.41) is 0.481. The summed E-state index contributed by atoms with van der Waals surface area (Å²) in [6, 6.07) is 13.6. The Labute approximate surface area is 164 Å². The predicted octanol–water partition coefficient (Wildman–Crippen LogP) is 3.08. The summed E-state index contributed by atoms with van der Waals surface area (Å²) in [5.41, 5.74) is 2.40. The fourth-order valence-corrected chi connectivity index (χ4v) is 5.69. The molecule has 0 radical (unpaired) electrons. The number of amides is 1. The largest absolute Gasteiger partial charge is 0.337 e. The van der Waals surface area contributed by atoms with E-state index >= 15 is 0 Å². The summed E-state index contributed by atoms with van der Waals surface area (Å²) >= 11 is 5.87. The molecule has 0 bridgehead atoms. The number of sulfonamides is 1. The van der Waals surface area contributed by atoms with Crippen molar-refractivity contribution < 1.29 is 13.2 Å². The van der Waals surface area contributed by atoms with Crippen LogP contribution >= 0.6 is 11.6 Å². The zero-order chi connectivity index (χ0) is 19.0. The van der Waals surface area contributed by atoms with E-state index in [2.05, 4.69) is 6.07 Å². The van der Waals surface area contributed by atoms with Crippen LogP contribution in [0, 0.1) is 0 Å². The first-order chi connectivity index (χ1) is 13.0. The van der Waals surface area contributed by atoms with Crippen LogP contribution in [-0.2, 0) is 27.8 Å². The summed E-state index contributed by atoms with van der Waals surface area (Å²) in [5.74, 6) is -0.0976. The van der Waals surface area contributed by atoms with Gasteiger partial charge in [0, 0.05) is 24.7 Å². The van der Waals surface area contributed by atoms with Crippen LogP contribution < -0.4 is 0 Å². The lowest BCUT2D eigenvalue weighted by Gasteiger charge is -2.33. The highest BCUT2D eigenvalue weighted by Gasteiger charge is 2.41. The molecule has 0 spiro atoms. The van der Waals surface area contributed by atoms with Crippen molar-refractivity contribution >= 4 is 27.5 Å². The average molecular weight is 405 g/mol. The Morgan fingerprint density at radius 1 is 1.00 bits per heavy atom. The molecular formula is C20H21ClN2O3S. The van der Waals surface area contributed by atoms with Gasteiger partial charge in [-0.25, -0.2) is 8.42 Å². The van der Waals surface area contributed by atoms with Crippen molar-refractivity contribution in [3.63, 3.8) is 0 Å². The first-order valence-corrected chi connectivity index (χ1v) is 10.9. The van der Waals surface area contributed by atoms with Crippen LogP contribution in [0.15, 0.2) is 53.4 Å². The molecule has 1 fully saturated rings. The minimum atomic E-state index is -3.72. The van der Waals surface area contributed by atoms with Gasteiger partial charge >= 0.3 is 0 Å². The molecule has 2 aliphatic rings. The van der Waals surface area contributed by atoms with Crippen LogP contribution in [0.2, 0.25) is 5.02 Å². The van der Waals surface area contributed by atoms with Gasteiger partial charge in [0.05, 0.1) is 4.90 Å². The van der Waals surface area contributed by atoms with Crippen LogP contribution in [-0.4, -0.2) is 42.7 Å². The molecule has 5 nitrogen and oxygen atoms in total. The quantitative estimate of drug-likeness (QED) is 0.789. The highest BCUT2D eigenvalue weighted by atomic mass is 35.5. The number of halogens is 1. The average Bonchev–Trinajstić information content (AvgIpc) is 3.18. The smallest absolute Gasteiger partial charge is 0.243 e. The van der Waals surface area contributed by atoms with Crippen LogP contribution in [0.3, 0.4) is 0 Å². The van der Waals surface area contributed by atoms with Crippen LogP contribution in [0.1, 0.15) is 24.0 Å². The third kappa shape index (κ3) is 3.49. The Kier molecular flexibility index (Phi) is 4.97. The van der Waals surface area contributed by atoms with Gasteiger partial charge in [-0.1, -0.05) is 35.9 Å². The molecule has 1 saturated heterocycles. The zero-order valence-electron chi connectivity index (χ0n) is 14.8. The van der Waals surface area contributed by atoms with E-state index in [1.54, 1.807) is 17.0 Å². The van der Waals surface area contributed by atoms with Gasteiger partial charge in [-0.05, 0) is 54.7 Å². The van der Waals surface area contributed by atoms with Crippen LogP contribution in [0.25, 0.3) is 0 Å². The highest BCUT2D eigenvalue weighted by Crippen LogP contribution is 2.29. The third-order valence-corrected chi connectivity index (χ3v) is 7.53. The zero-order valence-corrected chi connectivity index (χ0v) is 16.4. The lowest BCUT2D eigenvalue weighted by Crippen LogP contribution is -2.49. The minimum absolute atomic E-state index is 0.0976. The molecule has 0 saturated carbocycles. The van der Waals surface area contributed by atoms with E-state index in [-0.39, 0.29) is 10.8 Å². The van der Waals surface area contributed by atoms with Gasteiger partial charge in [0.15, 0.2) is 0 Å². The maximum absolute atomic E-state index is 13.2. The van der Waals surface area contributed by atoms with E-state index in [0.29, 0.717) is 37.5 Å². The number of nitrogens with zero attached hydrogens (tertiary/aromatic N) is 2. The molecule has 2 aliphatic heterocycles. The van der Waals surface area contributed by atoms with E-state index < -0.39 is 16.1 Å². The van der Waals surface area contributed by atoms with Crippen LogP contribution in [0.5, 0.6) is 0 Å². The van der Waals surface area contributed by atoms with Gasteiger partial charge in [0.2, 0.25) is 15.9 Å². The molecule has 1 unspecified atom stereocenters. The maximum Gasteiger partial charge on any atom is 0.243 e. The van der Waals surface area contributed by atoms with Gasteiger partial charge in [-0.15, -0.1) is 0 Å². The lowest BCUT2D eigenvalue weighted by molar-refractivity contribution is -0.135. The summed E-state index contributed by atoms with van der Waals surface area (Å²) in [7, 11) is -3.72. The Balaban J connectivity index is 1.56. The van der Waals surface area contributed by atoms with Gasteiger partial charge in [-0.3, -0.25) is 4.79 Å². The molecule has 27 heavy (non-hydrogen) atoms. The number of fused-ring (bicyclic) bond motifs is 1. The van der Waals surface area contributed by atoms with Gasteiger partial charge < -0.3 is 4.90 Å². The molecule has 7 heteroatoms. The second kappa shape index (κ2) is 7.26. The second-order valence-electron chi connectivity index (χ2n) is 7.01. The molecule has 0 aliphatic carbocycles. The summed E-state index contributed by atoms with van der Waals surface area (Å²) < 4.78 is 27.5. The number of hydrogen-bond donors (Lipinski definition) is 0. The number of carbonyl (C=O) groups is 1. The van der Waals surface area contributed by atoms with Crippen LogP contribution in [0.4, 0.5) is 0 Å². The number of carbonyl (C=O) groups excluding carboxylic acids is 1. The molecule has 0 aromatic heterocycles. The Bertz CT molecular complexity index is 959. The van der Waals surface area contributed by atoms with Gasteiger partial charge in [0.25, 0.3) is 0 Å². The highest BCUT2D eigenvalue weighted by molar-refractivity contribution is 7.89. The van der Waals surface area contributed by atoms with Crippen molar-refractivity contribution in [3.05, 3.63) is 64.7 Å². The van der Waals surface area contributed by atoms with Gasteiger partial charge in [-0.2, -0.15) is 4.31 Å². The van der Waals surface area contributed by atoms with Crippen molar-refractivity contribution in [2.75, 3.05) is 13.1 Å². The fraction of sp³-hybridized carbons (Fsp3) is 0.350. The molecule has 2 aromatic carbocycles. The third-order valence-electron chi connectivity index (χ3n) is 5.35. The summed E-state index contributed by atoms with van der Waals surface area (Å²) in [4.78, 5) is 15.1. The Hall–Kier alpha value is -1.89. The Morgan fingerprint density at radius 2 is 1.70 bits per heavy atom. The van der Waals surface area contributed by atoms with Crippen molar-refractivity contribution in [2.45, 2.75) is 36.7 Å². The van der Waals surface area contributed by atoms with E-state index in [4.69, 9.17) is 11.6 Å². The molecular weight excluding hydrogens is 384 g/mol. The maximum atomic E-state index is 13.2. The van der Waals surface area contributed by atoms with Crippen molar-refractivity contribution in [3.8, 4) is 0 Å². The number of rotatable bonds is 3. The molecule has 2 aromatic rings. The topological polar surface area (TPSA) is 57.7 Å². The molecule has 0 N–H and O–H groups in total. The molecule has 142 valence electrons. The SMILES string of the molecule is O=C(C1CCCN1S(=O)(=O)c1ccc(Cl)cc1)N1CCc2ccccc2C1. The standard InChI is InChI=1S/C20H21ClN2O3S/c21-17-7-9-18(10-8-17)27(25,26)23-12-3-6-19(23)20(24)22-13-11-15-4-1-2-5-16(15)14-22/h1-2,4-5,7-10,19H,3,6,11-14H2. The molecule has 4 rings (SSSR count). The van der Waals surface area contributed by atoms with E-state index in [0.717, 1.165) is 12.0 Å². The summed E-state index contributed by atoms with van der Waals surface area (Å²) in [6.45, 7) is 1.54. The fourth-order valence-electron chi connectivity index (χ4n) is 3.91. The first kappa shape index (κ1) is 18.5. The normalized spacial score (nSPS) is 20.5. The van der Waals surface area contributed by atoms with E-state index in [1.165, 1.54) is 22.0 Å². The second-order valence-corrected chi connectivity index (χ2v) is 9.33. The van der Waals surface area contributed by atoms with E-state index in [1.807, 2.05) is 18.2 Å². The molecule has 1 atom stereocenters. The van der Waals surface area contributed by atoms with Crippen molar-refractivity contribution in [1.29, 1.82) is 0 Å². The monoisotopic (exact) mass is 404 g/mol. The first-order valence-electron chi connectivity index (χ1n) is 9.10. The number of benzene rings is 2. The van der Waals surface area contributed by atoms with Crippen molar-refractivity contribution in [1.82, 2.24) is 9.21 Å². The number of hydrogen-bond acceptors (Lipinski definition) is 3. The van der Waals surface area contributed by atoms with E-state index in [9.17, 15) is 13.2 Å². The summed E-state index contributed by atoms with van der Waals surface area (Å²) in [6.07, 6.45) is 2.05. The van der Waals surface area contributed by atoms with Gasteiger partial charge in [0.1, 0.15) is 6.04 Å².